The van der Waals surface area contributed by atoms with Crippen LogP contribution >= 0.6 is 11.3 Å². The van der Waals surface area contributed by atoms with Gasteiger partial charge in [0.25, 0.3) is 0 Å². The van der Waals surface area contributed by atoms with Crippen LogP contribution in [0.25, 0.3) is 11.3 Å². The molecule has 2 unspecified atom stereocenters. The number of nitrogens with one attached hydrogen (secondary N) is 2. The van der Waals surface area contributed by atoms with Crippen molar-refractivity contribution in [3.05, 3.63) is 35.5 Å². The van der Waals surface area contributed by atoms with Crippen LogP contribution in [0.3, 0.4) is 0 Å². The molecule has 2 heterocycles. The Labute approximate surface area is 206 Å². The largest absolute Gasteiger partial charge is 0.323 e. The van der Waals surface area contributed by atoms with Crippen LogP contribution < -0.4 is 10.6 Å². The molecule has 3 saturated carbocycles. The molecular formula is C25H27F2N5O2S. The van der Waals surface area contributed by atoms with Crippen molar-refractivity contribution in [3.63, 3.8) is 0 Å². The zero-order chi connectivity index (χ0) is 24.6. The first-order valence-electron chi connectivity index (χ1n) is 11.9. The summed E-state index contributed by atoms with van der Waals surface area (Å²) in [5, 5.41) is 18.0. The van der Waals surface area contributed by atoms with Crippen LogP contribution in [0.4, 0.5) is 13.9 Å². The molecule has 0 radical (unpaired) electrons. The number of benzene rings is 1. The van der Waals surface area contributed by atoms with Crippen molar-refractivity contribution in [1.82, 2.24) is 15.2 Å². The van der Waals surface area contributed by atoms with Crippen molar-refractivity contribution in [2.45, 2.75) is 62.7 Å². The fourth-order valence-corrected chi connectivity index (χ4v) is 6.37. The number of nitriles is 1. The second-order valence-electron chi connectivity index (χ2n) is 9.94. The molecule has 10 heteroatoms. The topological polar surface area (TPSA) is 98.1 Å². The summed E-state index contributed by atoms with van der Waals surface area (Å²) in [6.07, 6.45) is 3.41. The van der Waals surface area contributed by atoms with Gasteiger partial charge >= 0.3 is 0 Å². The van der Waals surface area contributed by atoms with Gasteiger partial charge < -0.3 is 15.5 Å². The third-order valence-electron chi connectivity index (χ3n) is 7.93. The molecule has 4 fully saturated rings. The molecule has 4 aliphatic rings. The number of hydrogen-bond acceptors (Lipinski definition) is 6. The Bertz CT molecular complexity index is 1140. The molecule has 35 heavy (non-hydrogen) atoms. The van der Waals surface area contributed by atoms with Crippen LogP contribution in [0.15, 0.2) is 29.6 Å². The highest BCUT2D eigenvalue weighted by Crippen LogP contribution is 2.53. The molecule has 2 N–H and O–H groups in total. The molecule has 2 atom stereocenters. The zero-order valence-corrected chi connectivity index (χ0v) is 20.0. The van der Waals surface area contributed by atoms with Gasteiger partial charge in [-0.15, -0.1) is 11.3 Å². The summed E-state index contributed by atoms with van der Waals surface area (Å²) in [6.45, 7) is 0.0595. The number of likely N-dealkylation sites (tertiary alicyclic amines) is 1. The number of nitrogens with zero attached hydrogens (tertiary/aromatic N) is 3. The number of rotatable bonds is 6. The third-order valence-corrected chi connectivity index (χ3v) is 8.68. The van der Waals surface area contributed by atoms with E-state index in [1.165, 1.54) is 28.4 Å². The van der Waals surface area contributed by atoms with Gasteiger partial charge in [0.2, 0.25) is 11.8 Å². The van der Waals surface area contributed by atoms with Crippen molar-refractivity contribution in [3.8, 4) is 17.3 Å². The highest BCUT2D eigenvalue weighted by atomic mass is 32.1. The molecule has 1 aromatic heterocycles. The molecule has 3 aliphatic carbocycles. The van der Waals surface area contributed by atoms with E-state index in [4.69, 9.17) is 0 Å². The quantitative estimate of drug-likeness (QED) is 0.625. The first-order valence-corrected chi connectivity index (χ1v) is 12.8. The summed E-state index contributed by atoms with van der Waals surface area (Å²) in [7, 11) is 0. The Kier molecular flexibility index (Phi) is 6.32. The summed E-state index contributed by atoms with van der Waals surface area (Å²) >= 11 is 1.35. The fraction of sp³-hybridized carbons (Fsp3) is 0.520. The van der Waals surface area contributed by atoms with Crippen LogP contribution in [0, 0.1) is 22.6 Å². The number of carbonyl (C=O) groups is 2. The van der Waals surface area contributed by atoms with Gasteiger partial charge in [0.15, 0.2) is 5.13 Å². The lowest BCUT2D eigenvalue weighted by molar-refractivity contribution is -0.135. The van der Waals surface area contributed by atoms with Crippen LogP contribution in [0.2, 0.25) is 0 Å². The first-order chi connectivity index (χ1) is 16.8. The number of hydrogen-bond donors (Lipinski definition) is 2. The lowest BCUT2D eigenvalue weighted by Crippen LogP contribution is -2.59. The van der Waals surface area contributed by atoms with E-state index in [9.17, 15) is 23.6 Å². The molecule has 7 nitrogen and oxygen atoms in total. The maximum absolute atomic E-state index is 13.7. The summed E-state index contributed by atoms with van der Waals surface area (Å²) in [6, 6.07) is 7.41. The van der Waals surface area contributed by atoms with Gasteiger partial charge in [-0.1, -0.05) is 0 Å². The Balaban J connectivity index is 1.16. The number of amides is 2. The standard InChI is InChI=1S/C25H27F2N5O2S/c26-17-3-1-16(2-4-17)20-15-35-23(30-20)31-22(34)24-5-8-25(9-6-24,10-7-24)29-13-21(33)32-14-18(27)11-19(32)12-28/h1-4,15,18-19,29H,5-11,13-14H2,(H,30,31,34). The SMILES string of the molecule is N#CC1CC(F)CN1C(=O)CNC12CCC(C(=O)Nc3nc(-c4ccc(F)cc4)cs3)(CC1)CC2. The third kappa shape index (κ3) is 4.67. The van der Waals surface area contributed by atoms with Crippen molar-refractivity contribution in [2.24, 2.45) is 5.41 Å². The molecule has 1 saturated heterocycles. The summed E-state index contributed by atoms with van der Waals surface area (Å²) < 4.78 is 26.8. The van der Waals surface area contributed by atoms with Gasteiger partial charge in [0.1, 0.15) is 18.0 Å². The number of alkyl halides is 1. The van der Waals surface area contributed by atoms with Gasteiger partial charge in [-0.05, 0) is 62.8 Å². The number of aromatic nitrogens is 1. The molecule has 0 spiro atoms. The molecular weight excluding hydrogens is 472 g/mol. The van der Waals surface area contributed by atoms with E-state index in [-0.39, 0.29) is 42.7 Å². The van der Waals surface area contributed by atoms with Crippen molar-refractivity contribution in [2.75, 3.05) is 18.4 Å². The summed E-state index contributed by atoms with van der Waals surface area (Å²) in [4.78, 5) is 31.7. The molecule has 1 aromatic carbocycles. The highest BCUT2D eigenvalue weighted by Gasteiger charge is 2.52. The number of anilines is 1. The van der Waals surface area contributed by atoms with E-state index >= 15 is 0 Å². The van der Waals surface area contributed by atoms with Gasteiger partial charge in [0, 0.05) is 28.3 Å². The Morgan fingerprint density at radius 2 is 1.86 bits per heavy atom. The van der Waals surface area contributed by atoms with Crippen molar-refractivity contribution < 1.29 is 18.4 Å². The second-order valence-corrected chi connectivity index (χ2v) is 10.8. The first kappa shape index (κ1) is 23.8. The lowest BCUT2D eigenvalue weighted by Gasteiger charge is -2.52. The number of halogens is 2. The van der Waals surface area contributed by atoms with Crippen LogP contribution in [0.1, 0.15) is 44.9 Å². The van der Waals surface area contributed by atoms with Crippen LogP contribution in [-0.2, 0) is 9.59 Å². The van der Waals surface area contributed by atoms with E-state index in [0.29, 0.717) is 30.1 Å². The maximum Gasteiger partial charge on any atom is 0.237 e. The minimum atomic E-state index is -1.14. The second kappa shape index (κ2) is 9.28. The van der Waals surface area contributed by atoms with Gasteiger partial charge in [-0.3, -0.25) is 9.59 Å². The maximum atomic E-state index is 13.7. The molecule has 2 bridgehead atoms. The van der Waals surface area contributed by atoms with Crippen LogP contribution in [0.5, 0.6) is 0 Å². The predicted molar refractivity (Wildman–Crippen MR) is 128 cm³/mol. The monoisotopic (exact) mass is 499 g/mol. The van der Waals surface area contributed by atoms with E-state index < -0.39 is 17.6 Å². The van der Waals surface area contributed by atoms with E-state index in [2.05, 4.69) is 15.6 Å². The van der Waals surface area contributed by atoms with Gasteiger partial charge in [-0.25, -0.2) is 13.8 Å². The van der Waals surface area contributed by atoms with E-state index in [0.717, 1.165) is 24.8 Å². The lowest BCUT2D eigenvalue weighted by atomic mass is 9.57. The summed E-state index contributed by atoms with van der Waals surface area (Å²) in [5.41, 5.74) is 0.834. The number of thiazole rings is 1. The normalized spacial score (nSPS) is 29.7. The van der Waals surface area contributed by atoms with E-state index in [1.54, 1.807) is 12.1 Å². The van der Waals surface area contributed by atoms with E-state index in [1.807, 2.05) is 11.4 Å². The van der Waals surface area contributed by atoms with Crippen molar-refractivity contribution in [1.29, 1.82) is 5.26 Å². The Morgan fingerprint density at radius 3 is 2.51 bits per heavy atom. The zero-order valence-electron chi connectivity index (χ0n) is 19.2. The smallest absolute Gasteiger partial charge is 0.237 e. The van der Waals surface area contributed by atoms with Gasteiger partial charge in [0.05, 0.1) is 24.9 Å². The number of carbonyl (C=O) groups excluding carboxylic acids is 2. The predicted octanol–water partition coefficient (Wildman–Crippen LogP) is 4.03. The number of fused-ring (bicyclic) bond motifs is 3. The molecule has 2 aromatic rings. The van der Waals surface area contributed by atoms with Gasteiger partial charge in [-0.2, -0.15) is 5.26 Å². The minimum absolute atomic E-state index is 0.0192. The van der Waals surface area contributed by atoms with Crippen LogP contribution in [-0.4, -0.2) is 52.5 Å². The Hall–Kier alpha value is -2.90. The summed E-state index contributed by atoms with van der Waals surface area (Å²) in [5.74, 6) is -0.575. The van der Waals surface area contributed by atoms with Crippen molar-refractivity contribution >= 4 is 28.3 Å². The molecule has 1 aliphatic heterocycles. The molecule has 2 amide bonds. The molecule has 184 valence electrons. The highest BCUT2D eigenvalue weighted by molar-refractivity contribution is 7.14. The minimum Gasteiger partial charge on any atom is -0.323 e. The fourth-order valence-electron chi connectivity index (χ4n) is 5.65. The average molecular weight is 500 g/mol. The molecule has 6 rings (SSSR count). The average Bonchev–Trinajstić information content (AvgIpc) is 3.50. The Morgan fingerprint density at radius 1 is 1.17 bits per heavy atom.